The zero-order chi connectivity index (χ0) is 16.3. The number of unbranched alkanes of at least 4 members (excludes halogenated alkanes) is 13. The molecule has 130 valence electrons. The molecule has 0 atom stereocenters. The number of carboxylic acids is 1. The van der Waals surface area contributed by atoms with Gasteiger partial charge in [-0.25, -0.2) is 0 Å². The number of carboxylic acid groups (broad SMARTS) is 1. The number of aliphatic carboxylic acids is 1. The Bertz CT molecular complexity index is 258. The maximum absolute atomic E-state index is 10.3. The van der Waals surface area contributed by atoms with Crippen molar-refractivity contribution in [3.8, 4) is 0 Å². The molecule has 22 heavy (non-hydrogen) atoms. The van der Waals surface area contributed by atoms with Crippen LogP contribution < -0.4 is 0 Å². The lowest BCUT2D eigenvalue weighted by Crippen LogP contribution is -1.93. The maximum Gasteiger partial charge on any atom is 0.303 e. The van der Waals surface area contributed by atoms with E-state index in [0.717, 1.165) is 25.7 Å². The summed E-state index contributed by atoms with van der Waals surface area (Å²) in [5, 5.41) is 8.53. The molecule has 0 amide bonds. The third-order valence-electron chi connectivity index (χ3n) is 4.15. The van der Waals surface area contributed by atoms with Gasteiger partial charge in [0.25, 0.3) is 0 Å². The molecule has 0 aliphatic carbocycles. The Kier molecular flexibility index (Phi) is 17.6. The summed E-state index contributed by atoms with van der Waals surface area (Å²) >= 11 is 0. The van der Waals surface area contributed by atoms with E-state index in [-0.39, 0.29) is 0 Å². The van der Waals surface area contributed by atoms with Gasteiger partial charge in [-0.15, -0.1) is 0 Å². The van der Waals surface area contributed by atoms with Gasteiger partial charge in [-0.1, -0.05) is 83.3 Å². The van der Waals surface area contributed by atoms with Crippen LogP contribution >= 0.6 is 0 Å². The molecule has 0 bridgehead atoms. The highest BCUT2D eigenvalue weighted by atomic mass is 16.4. The molecule has 0 saturated heterocycles. The Morgan fingerprint density at radius 1 is 0.682 bits per heavy atom. The first-order valence-corrected chi connectivity index (χ1v) is 9.64. The third-order valence-corrected chi connectivity index (χ3v) is 4.15. The van der Waals surface area contributed by atoms with E-state index in [1.54, 1.807) is 0 Å². The van der Waals surface area contributed by atoms with Gasteiger partial charge >= 0.3 is 5.97 Å². The van der Waals surface area contributed by atoms with Gasteiger partial charge in [0.2, 0.25) is 0 Å². The largest absolute Gasteiger partial charge is 0.481 e. The SMILES string of the molecule is CCCCCCCCCCCCC=CCCCCCC(=O)O. The number of carbonyl (C=O) groups is 1. The van der Waals surface area contributed by atoms with Crippen LogP contribution in [0.1, 0.15) is 110 Å². The van der Waals surface area contributed by atoms with Crippen molar-refractivity contribution >= 4 is 5.97 Å². The molecule has 0 aromatic heterocycles. The molecule has 0 aliphatic rings. The first-order valence-electron chi connectivity index (χ1n) is 9.64. The molecule has 0 saturated carbocycles. The molecule has 0 spiro atoms. The fraction of sp³-hybridized carbons (Fsp3) is 0.850. The first kappa shape index (κ1) is 21.2. The summed E-state index contributed by atoms with van der Waals surface area (Å²) in [5.41, 5.74) is 0. The van der Waals surface area contributed by atoms with E-state index in [9.17, 15) is 4.79 Å². The van der Waals surface area contributed by atoms with E-state index in [0.29, 0.717) is 6.42 Å². The van der Waals surface area contributed by atoms with Gasteiger partial charge in [-0.2, -0.15) is 0 Å². The van der Waals surface area contributed by atoms with Crippen molar-refractivity contribution < 1.29 is 9.90 Å². The summed E-state index contributed by atoms with van der Waals surface area (Å²) in [6.07, 6.45) is 24.2. The van der Waals surface area contributed by atoms with Crippen molar-refractivity contribution in [3.05, 3.63) is 12.2 Å². The van der Waals surface area contributed by atoms with Crippen LogP contribution in [0.4, 0.5) is 0 Å². The van der Waals surface area contributed by atoms with E-state index in [4.69, 9.17) is 5.11 Å². The van der Waals surface area contributed by atoms with Crippen molar-refractivity contribution in [2.75, 3.05) is 0 Å². The van der Waals surface area contributed by atoms with Gasteiger partial charge in [0.05, 0.1) is 0 Å². The zero-order valence-electron chi connectivity index (χ0n) is 14.8. The zero-order valence-corrected chi connectivity index (χ0v) is 14.8. The average Bonchev–Trinajstić information content (AvgIpc) is 2.50. The van der Waals surface area contributed by atoms with E-state index < -0.39 is 5.97 Å². The molecule has 0 aliphatic heterocycles. The molecule has 2 nitrogen and oxygen atoms in total. The van der Waals surface area contributed by atoms with Crippen LogP contribution in [0.25, 0.3) is 0 Å². The molecule has 0 aromatic rings. The Morgan fingerprint density at radius 2 is 1.09 bits per heavy atom. The molecular weight excluding hydrogens is 272 g/mol. The third kappa shape index (κ3) is 19.2. The van der Waals surface area contributed by atoms with E-state index in [1.807, 2.05) is 0 Å². The lowest BCUT2D eigenvalue weighted by molar-refractivity contribution is -0.137. The number of hydrogen-bond acceptors (Lipinski definition) is 1. The van der Waals surface area contributed by atoms with Gasteiger partial charge in [0, 0.05) is 6.42 Å². The van der Waals surface area contributed by atoms with Crippen LogP contribution in [0.15, 0.2) is 12.2 Å². The number of allylic oxidation sites excluding steroid dienone is 2. The molecular formula is C20H38O2. The predicted octanol–water partition coefficient (Wildman–Crippen LogP) is 6.89. The highest BCUT2D eigenvalue weighted by Crippen LogP contribution is 2.11. The molecule has 0 heterocycles. The summed E-state index contributed by atoms with van der Waals surface area (Å²) in [7, 11) is 0. The fourth-order valence-corrected chi connectivity index (χ4v) is 2.70. The fourth-order valence-electron chi connectivity index (χ4n) is 2.70. The van der Waals surface area contributed by atoms with E-state index in [1.165, 1.54) is 70.6 Å². The summed E-state index contributed by atoms with van der Waals surface area (Å²) in [6.45, 7) is 2.27. The monoisotopic (exact) mass is 310 g/mol. The quantitative estimate of drug-likeness (QED) is 0.234. The molecule has 0 fully saturated rings. The minimum Gasteiger partial charge on any atom is -0.481 e. The van der Waals surface area contributed by atoms with Crippen molar-refractivity contribution in [1.29, 1.82) is 0 Å². The Labute approximate surface area is 138 Å². The van der Waals surface area contributed by atoms with E-state index in [2.05, 4.69) is 19.1 Å². The lowest BCUT2D eigenvalue weighted by atomic mass is 10.1. The van der Waals surface area contributed by atoms with Crippen LogP contribution in [0.5, 0.6) is 0 Å². The molecule has 2 heteroatoms. The van der Waals surface area contributed by atoms with Gasteiger partial charge in [-0.05, 0) is 32.1 Å². The standard InChI is InChI=1S/C20H38O2/c1-2-3-4-5-6-7-8-9-10-11-12-13-14-15-16-17-18-19-20(21)22/h13-14H,2-12,15-19H2,1H3,(H,21,22). The molecule has 0 aromatic carbocycles. The van der Waals surface area contributed by atoms with E-state index >= 15 is 0 Å². The Hall–Kier alpha value is -0.790. The maximum atomic E-state index is 10.3. The Balaban J connectivity index is 3.06. The summed E-state index contributed by atoms with van der Waals surface area (Å²) < 4.78 is 0. The lowest BCUT2D eigenvalue weighted by Gasteiger charge is -2.01. The smallest absolute Gasteiger partial charge is 0.303 e. The summed E-state index contributed by atoms with van der Waals surface area (Å²) in [4.78, 5) is 10.3. The van der Waals surface area contributed by atoms with Gasteiger partial charge in [0.15, 0.2) is 0 Å². The second kappa shape index (κ2) is 18.3. The number of rotatable bonds is 17. The predicted molar refractivity (Wildman–Crippen MR) is 96.3 cm³/mol. The second-order valence-electron chi connectivity index (χ2n) is 6.44. The summed E-state index contributed by atoms with van der Waals surface area (Å²) in [6, 6.07) is 0. The van der Waals surface area contributed by atoms with Crippen molar-refractivity contribution in [2.45, 2.75) is 110 Å². The van der Waals surface area contributed by atoms with Crippen molar-refractivity contribution in [2.24, 2.45) is 0 Å². The number of hydrogen-bond donors (Lipinski definition) is 1. The summed E-state index contributed by atoms with van der Waals surface area (Å²) in [5.74, 6) is -0.670. The van der Waals surface area contributed by atoms with Crippen LogP contribution in [0.2, 0.25) is 0 Å². The van der Waals surface area contributed by atoms with Crippen molar-refractivity contribution in [3.63, 3.8) is 0 Å². The molecule has 1 N–H and O–H groups in total. The minimum atomic E-state index is -0.670. The Morgan fingerprint density at radius 3 is 1.55 bits per heavy atom. The first-order chi connectivity index (χ1) is 10.8. The van der Waals surface area contributed by atoms with Gasteiger partial charge < -0.3 is 5.11 Å². The molecule has 0 rings (SSSR count). The van der Waals surface area contributed by atoms with Crippen LogP contribution in [0, 0.1) is 0 Å². The molecule has 0 radical (unpaired) electrons. The van der Waals surface area contributed by atoms with Crippen LogP contribution in [-0.2, 0) is 4.79 Å². The topological polar surface area (TPSA) is 37.3 Å². The highest BCUT2D eigenvalue weighted by molar-refractivity contribution is 5.66. The average molecular weight is 311 g/mol. The minimum absolute atomic E-state index is 0.322. The van der Waals surface area contributed by atoms with Crippen LogP contribution in [0.3, 0.4) is 0 Å². The highest BCUT2D eigenvalue weighted by Gasteiger charge is 1.95. The normalized spacial score (nSPS) is 11.3. The van der Waals surface area contributed by atoms with Gasteiger partial charge in [0.1, 0.15) is 0 Å². The van der Waals surface area contributed by atoms with Gasteiger partial charge in [-0.3, -0.25) is 4.79 Å². The van der Waals surface area contributed by atoms with Crippen LogP contribution in [-0.4, -0.2) is 11.1 Å². The van der Waals surface area contributed by atoms with Crippen molar-refractivity contribution in [1.82, 2.24) is 0 Å². The molecule has 0 unspecified atom stereocenters. The second-order valence-corrected chi connectivity index (χ2v) is 6.44.